The van der Waals surface area contributed by atoms with Gasteiger partial charge in [-0.05, 0) is 6.92 Å². The molecule has 0 saturated heterocycles. The van der Waals surface area contributed by atoms with Crippen molar-refractivity contribution in [2.24, 2.45) is 7.05 Å². The molecule has 0 aliphatic heterocycles. The van der Waals surface area contributed by atoms with Crippen molar-refractivity contribution in [3.05, 3.63) is 28.0 Å². The lowest BCUT2D eigenvalue weighted by atomic mass is 10.2. The van der Waals surface area contributed by atoms with Crippen LogP contribution in [0.1, 0.15) is 18.2 Å². The van der Waals surface area contributed by atoms with E-state index in [4.69, 9.17) is 11.6 Å². The Hall–Kier alpha value is -1.20. The van der Waals surface area contributed by atoms with Crippen LogP contribution in [-0.4, -0.2) is 23.2 Å². The van der Waals surface area contributed by atoms with Gasteiger partial charge in [-0.2, -0.15) is 18.3 Å². The zero-order valence-corrected chi connectivity index (χ0v) is 13.4. The number of aryl methyl sites for hydroxylation is 1. The summed E-state index contributed by atoms with van der Waals surface area (Å²) < 4.78 is 78.1. The van der Waals surface area contributed by atoms with Crippen LogP contribution in [0, 0.1) is 0 Å². The van der Waals surface area contributed by atoms with Gasteiger partial charge in [0.2, 0.25) is 14.2 Å². The molecule has 1 atom stereocenters. The smallest absolute Gasteiger partial charge is 0.275 e. The lowest BCUT2D eigenvalue weighted by Gasteiger charge is -2.19. The molecular weight excluding hydrogens is 370 g/mol. The summed E-state index contributed by atoms with van der Waals surface area (Å²) in [5.74, 6) is 0. The monoisotopic (exact) mass is 377 g/mol. The predicted molar refractivity (Wildman–Crippen MR) is 71.0 cm³/mol. The quantitative estimate of drug-likeness (QED) is 0.771. The Labute approximate surface area is 131 Å². The fraction of sp³-hybridized carbons (Fsp3) is 0.400. The number of alkyl halides is 4. The molecule has 0 radical (unpaired) electrons. The van der Waals surface area contributed by atoms with E-state index < -0.39 is 36.6 Å². The average Bonchev–Trinajstić information content (AvgIpc) is 2.94. The van der Waals surface area contributed by atoms with Crippen molar-refractivity contribution in [2.75, 3.05) is 0 Å². The number of nitrogens with zero attached hydrogens (tertiary/aromatic N) is 3. The molecule has 2 rings (SSSR count). The SMILES string of the molecule is Cn1cc(C(F)(F)F)c(C(C)(F)S(=O)(=O)c2ncc(Cl)s2)n1. The van der Waals surface area contributed by atoms with Crippen molar-refractivity contribution in [3.63, 3.8) is 0 Å². The summed E-state index contributed by atoms with van der Waals surface area (Å²) in [6.07, 6.45) is -3.47. The van der Waals surface area contributed by atoms with Crippen LogP contribution in [0.25, 0.3) is 0 Å². The third-order valence-electron chi connectivity index (χ3n) is 2.75. The molecule has 0 bridgehead atoms. The highest BCUT2D eigenvalue weighted by Crippen LogP contribution is 2.43. The van der Waals surface area contributed by atoms with Crippen molar-refractivity contribution in [3.8, 4) is 0 Å². The third kappa shape index (κ3) is 2.72. The summed E-state index contributed by atoms with van der Waals surface area (Å²) in [4.78, 5) is 3.42. The molecule has 0 fully saturated rings. The molecule has 2 heterocycles. The van der Waals surface area contributed by atoms with Gasteiger partial charge in [-0.1, -0.05) is 22.9 Å². The topological polar surface area (TPSA) is 64.8 Å². The number of hydrogen-bond donors (Lipinski definition) is 0. The maximum Gasteiger partial charge on any atom is 0.419 e. The predicted octanol–water partition coefficient (Wildman–Crippen LogP) is 3.16. The van der Waals surface area contributed by atoms with Gasteiger partial charge in [0.25, 0.3) is 5.00 Å². The van der Waals surface area contributed by atoms with Gasteiger partial charge in [0, 0.05) is 13.2 Å². The van der Waals surface area contributed by atoms with E-state index in [0.717, 1.165) is 13.2 Å². The maximum absolute atomic E-state index is 14.9. The fourth-order valence-corrected chi connectivity index (χ4v) is 4.57. The highest BCUT2D eigenvalue weighted by Gasteiger charge is 2.52. The Kier molecular flexibility index (Phi) is 4.03. The number of hydrogen-bond acceptors (Lipinski definition) is 5. The summed E-state index contributed by atoms with van der Waals surface area (Å²) in [5.41, 5.74) is -2.71. The van der Waals surface area contributed by atoms with Crippen molar-refractivity contribution < 1.29 is 26.0 Å². The van der Waals surface area contributed by atoms with Crippen LogP contribution in [-0.2, 0) is 28.1 Å². The molecule has 0 saturated carbocycles. The van der Waals surface area contributed by atoms with Gasteiger partial charge in [-0.15, -0.1) is 0 Å². The normalized spacial score (nSPS) is 15.8. The van der Waals surface area contributed by atoms with E-state index in [1.165, 1.54) is 0 Å². The van der Waals surface area contributed by atoms with E-state index in [9.17, 15) is 26.0 Å². The zero-order chi connectivity index (χ0) is 16.9. The molecule has 0 N–H and O–H groups in total. The van der Waals surface area contributed by atoms with Gasteiger partial charge in [-0.3, -0.25) is 4.68 Å². The van der Waals surface area contributed by atoms with Crippen LogP contribution >= 0.6 is 22.9 Å². The molecule has 12 heteroatoms. The molecule has 2 aromatic heterocycles. The van der Waals surface area contributed by atoms with Gasteiger partial charge in [0.1, 0.15) is 15.6 Å². The lowest BCUT2D eigenvalue weighted by Crippen LogP contribution is -2.31. The van der Waals surface area contributed by atoms with Crippen LogP contribution in [0.3, 0.4) is 0 Å². The first kappa shape index (κ1) is 17.2. The Bertz CT molecular complexity index is 810. The zero-order valence-electron chi connectivity index (χ0n) is 11.0. The van der Waals surface area contributed by atoms with E-state index in [-0.39, 0.29) is 4.34 Å². The molecule has 2 aromatic rings. The number of thiazole rings is 1. The minimum atomic E-state index is -4.95. The summed E-state index contributed by atoms with van der Waals surface area (Å²) in [5, 5.41) is -0.0826. The Balaban J connectivity index is 2.65. The molecular formula is C10H8ClF4N3O2S2. The number of rotatable bonds is 3. The fourth-order valence-electron chi connectivity index (χ4n) is 1.68. The third-order valence-corrected chi connectivity index (χ3v) is 6.33. The van der Waals surface area contributed by atoms with E-state index in [0.29, 0.717) is 29.1 Å². The Morgan fingerprint density at radius 1 is 1.32 bits per heavy atom. The standard InChI is InChI=1S/C10H8ClF4N3O2S2/c1-9(12,22(19,20)8-16-3-6(11)21-8)7-5(10(13,14)15)4-18(2)17-7/h3-4H,1-2H3. The van der Waals surface area contributed by atoms with E-state index in [1.54, 1.807) is 0 Å². The minimum Gasteiger partial charge on any atom is -0.275 e. The summed E-state index contributed by atoms with van der Waals surface area (Å²) in [7, 11) is -3.73. The molecule has 0 aliphatic carbocycles. The molecule has 0 aliphatic rings. The van der Waals surface area contributed by atoms with E-state index in [1.807, 2.05) is 0 Å². The van der Waals surface area contributed by atoms with Crippen molar-refractivity contribution in [1.29, 1.82) is 0 Å². The Morgan fingerprint density at radius 2 is 1.91 bits per heavy atom. The second-order valence-corrected chi connectivity index (χ2v) is 8.49. The highest BCUT2D eigenvalue weighted by molar-refractivity contribution is 7.94. The molecule has 0 amide bonds. The first-order valence-corrected chi connectivity index (χ1v) is 8.21. The van der Waals surface area contributed by atoms with Crippen molar-refractivity contribution >= 4 is 32.8 Å². The average molecular weight is 378 g/mol. The van der Waals surface area contributed by atoms with Crippen molar-refractivity contribution in [1.82, 2.24) is 14.8 Å². The maximum atomic E-state index is 14.9. The summed E-state index contributed by atoms with van der Waals surface area (Å²) in [6, 6.07) is 0. The van der Waals surface area contributed by atoms with Crippen LogP contribution < -0.4 is 0 Å². The van der Waals surface area contributed by atoms with Crippen LogP contribution in [0.4, 0.5) is 17.6 Å². The van der Waals surface area contributed by atoms with Crippen LogP contribution in [0.5, 0.6) is 0 Å². The van der Waals surface area contributed by atoms with Gasteiger partial charge in [0.05, 0.1) is 6.20 Å². The van der Waals surface area contributed by atoms with E-state index >= 15 is 0 Å². The molecule has 1 unspecified atom stereocenters. The first-order chi connectivity index (χ1) is 9.87. The second-order valence-electron chi connectivity index (χ2n) is 4.41. The van der Waals surface area contributed by atoms with Crippen molar-refractivity contribution in [2.45, 2.75) is 22.4 Å². The first-order valence-electron chi connectivity index (χ1n) is 5.53. The summed E-state index contributed by atoms with van der Waals surface area (Å²) in [6.45, 7) is 0.495. The highest BCUT2D eigenvalue weighted by atomic mass is 35.5. The number of sulfone groups is 1. The molecule has 5 nitrogen and oxygen atoms in total. The van der Waals surface area contributed by atoms with Gasteiger partial charge in [-0.25, -0.2) is 17.8 Å². The summed E-state index contributed by atoms with van der Waals surface area (Å²) >= 11 is 5.99. The van der Waals surface area contributed by atoms with E-state index in [2.05, 4.69) is 10.1 Å². The molecule has 122 valence electrons. The molecule has 0 spiro atoms. The van der Waals surface area contributed by atoms with Crippen LogP contribution in [0.2, 0.25) is 4.34 Å². The number of halogens is 5. The number of aromatic nitrogens is 3. The molecule has 22 heavy (non-hydrogen) atoms. The minimum absolute atomic E-state index is 0.0357. The molecule has 0 aromatic carbocycles. The largest absolute Gasteiger partial charge is 0.419 e. The van der Waals surface area contributed by atoms with Gasteiger partial charge >= 0.3 is 6.18 Å². The second kappa shape index (κ2) is 5.17. The van der Waals surface area contributed by atoms with Crippen LogP contribution in [0.15, 0.2) is 16.7 Å². The Morgan fingerprint density at radius 3 is 2.36 bits per heavy atom. The van der Waals surface area contributed by atoms with Gasteiger partial charge in [0.15, 0.2) is 0 Å². The lowest BCUT2D eigenvalue weighted by molar-refractivity contribution is -0.139. The van der Waals surface area contributed by atoms with Gasteiger partial charge < -0.3 is 0 Å².